The molecule has 6 heteroatoms. The minimum Gasteiger partial charge on any atom is -0.464 e. The molecule has 118 valence electrons. The number of ether oxygens (including phenoxy) is 1. The van der Waals surface area contributed by atoms with Gasteiger partial charge in [0.1, 0.15) is 6.04 Å². The van der Waals surface area contributed by atoms with Gasteiger partial charge in [0, 0.05) is 24.0 Å². The number of anilines is 1. The molecule has 2 aromatic rings. The van der Waals surface area contributed by atoms with E-state index in [0.717, 1.165) is 5.56 Å². The maximum absolute atomic E-state index is 12.2. The Morgan fingerprint density at radius 2 is 1.87 bits per heavy atom. The molecule has 1 saturated heterocycles. The lowest BCUT2D eigenvalue weighted by atomic mass is 9.97. The van der Waals surface area contributed by atoms with E-state index in [9.17, 15) is 19.2 Å². The fraction of sp³-hybridized carbons (Fsp3) is 0.294. The lowest BCUT2D eigenvalue weighted by molar-refractivity contribution is -0.138. The fourth-order valence-corrected chi connectivity index (χ4v) is 2.56. The molecule has 2 aromatic carbocycles. The Hall–Kier alpha value is -2.76. The van der Waals surface area contributed by atoms with Crippen molar-refractivity contribution in [2.24, 2.45) is 0 Å². The van der Waals surface area contributed by atoms with Gasteiger partial charge < -0.3 is 10.1 Å². The van der Waals surface area contributed by atoms with Crippen LogP contribution in [0.15, 0.2) is 33.9 Å². The van der Waals surface area contributed by atoms with Gasteiger partial charge in [-0.25, -0.2) is 4.79 Å². The summed E-state index contributed by atoms with van der Waals surface area (Å²) in [6, 6.07) is 6.35. The number of carbonyl (C=O) groups is 2. The highest BCUT2D eigenvalue weighted by atomic mass is 16.5. The normalized spacial score (nSPS) is 17.3. The predicted molar refractivity (Wildman–Crippen MR) is 83.6 cm³/mol. The molecule has 23 heavy (non-hydrogen) atoms. The molecule has 1 fully saturated rings. The second-order valence-corrected chi connectivity index (χ2v) is 5.63. The third-order valence-corrected chi connectivity index (χ3v) is 3.97. The summed E-state index contributed by atoms with van der Waals surface area (Å²) < 4.78 is 4.81. The van der Waals surface area contributed by atoms with Gasteiger partial charge in [0.05, 0.1) is 12.3 Å². The number of Topliss-reactive ketones (excluding diaryl/α,β-unsaturated/α-hetero) is 1. The molecular weight excluding hydrogens is 298 g/mol. The van der Waals surface area contributed by atoms with Crippen LogP contribution in [-0.4, -0.2) is 24.4 Å². The number of nitrogens with one attached hydrogen (secondary N) is 1. The number of hydrogen-bond donors (Lipinski definition) is 1. The maximum atomic E-state index is 12.2. The highest BCUT2D eigenvalue weighted by Gasteiger charge is 2.31. The number of benzene rings is 1. The van der Waals surface area contributed by atoms with E-state index in [2.05, 4.69) is 5.32 Å². The molecule has 1 unspecified atom stereocenters. The van der Waals surface area contributed by atoms with Crippen molar-refractivity contribution >= 4 is 17.4 Å². The molecule has 0 radical (unpaired) electrons. The van der Waals surface area contributed by atoms with Crippen LogP contribution in [0.5, 0.6) is 0 Å². The monoisotopic (exact) mass is 313 g/mol. The number of rotatable bonds is 5. The summed E-state index contributed by atoms with van der Waals surface area (Å²) in [5, 5.41) is 2.74. The first-order chi connectivity index (χ1) is 11.0. The molecule has 1 aliphatic rings. The Bertz CT molecular complexity index is 843. The Morgan fingerprint density at radius 1 is 1.17 bits per heavy atom. The minimum atomic E-state index is -0.684. The first kappa shape index (κ1) is 15.1. The van der Waals surface area contributed by atoms with Crippen LogP contribution >= 0.6 is 0 Å². The maximum Gasteiger partial charge on any atom is 0.328 e. The van der Waals surface area contributed by atoms with Crippen molar-refractivity contribution in [3.05, 3.63) is 61.4 Å². The molecule has 0 spiro atoms. The number of cyclic esters (lactones) is 1. The minimum absolute atomic E-state index is 0.0688. The van der Waals surface area contributed by atoms with E-state index in [1.807, 2.05) is 19.1 Å². The summed E-state index contributed by atoms with van der Waals surface area (Å²) in [6.07, 6.45) is 0.278. The summed E-state index contributed by atoms with van der Waals surface area (Å²) in [5.41, 5.74) is 0.364. The van der Waals surface area contributed by atoms with E-state index in [4.69, 9.17) is 4.74 Å². The molecule has 1 atom stereocenters. The summed E-state index contributed by atoms with van der Waals surface area (Å²) >= 11 is 0. The molecule has 1 heterocycles. The van der Waals surface area contributed by atoms with Crippen LogP contribution in [0, 0.1) is 6.92 Å². The van der Waals surface area contributed by atoms with Crippen molar-refractivity contribution < 1.29 is 14.3 Å². The standard InChI is InChI=1S/C17H15NO5/c1-9-2-4-10(5-3-9)13(19)8-11-14(16(21)15(11)20)18-12-6-7-23-17(12)22/h2-5,12,18H,6-8H2,1H3. The topological polar surface area (TPSA) is 89.5 Å². The van der Waals surface area contributed by atoms with Crippen molar-refractivity contribution in [2.45, 2.75) is 25.8 Å². The lowest BCUT2D eigenvalue weighted by Crippen LogP contribution is -2.42. The molecule has 3 rings (SSSR count). The average molecular weight is 313 g/mol. The zero-order valence-corrected chi connectivity index (χ0v) is 12.5. The Morgan fingerprint density at radius 3 is 2.48 bits per heavy atom. The second kappa shape index (κ2) is 5.79. The summed E-state index contributed by atoms with van der Waals surface area (Å²) in [5.74, 6) is -0.692. The molecule has 0 bridgehead atoms. The van der Waals surface area contributed by atoms with E-state index in [1.54, 1.807) is 12.1 Å². The first-order valence-electron chi connectivity index (χ1n) is 7.32. The number of hydrogen-bond acceptors (Lipinski definition) is 6. The van der Waals surface area contributed by atoms with Crippen LogP contribution < -0.4 is 16.2 Å². The SMILES string of the molecule is Cc1ccc(C(=O)Cc2c(NC3CCOC3=O)c(=O)c2=O)cc1. The fourth-order valence-electron chi connectivity index (χ4n) is 2.56. The first-order valence-corrected chi connectivity index (χ1v) is 7.32. The highest BCUT2D eigenvalue weighted by molar-refractivity contribution is 5.98. The van der Waals surface area contributed by atoms with Gasteiger partial charge in [-0.3, -0.25) is 14.4 Å². The molecule has 0 aromatic heterocycles. The molecule has 0 saturated carbocycles. The van der Waals surface area contributed by atoms with Crippen LogP contribution in [0.25, 0.3) is 0 Å². The van der Waals surface area contributed by atoms with Crippen LogP contribution in [0.1, 0.15) is 27.9 Å². The third-order valence-electron chi connectivity index (χ3n) is 3.97. The van der Waals surface area contributed by atoms with E-state index < -0.39 is 22.9 Å². The van der Waals surface area contributed by atoms with Gasteiger partial charge in [0.15, 0.2) is 5.78 Å². The number of aryl methyl sites for hydroxylation is 1. The molecule has 0 amide bonds. The van der Waals surface area contributed by atoms with Crippen LogP contribution in [0.3, 0.4) is 0 Å². The zero-order chi connectivity index (χ0) is 16.6. The van der Waals surface area contributed by atoms with Crippen LogP contribution in [-0.2, 0) is 16.0 Å². The molecular formula is C17H15NO5. The Labute approximate surface area is 131 Å². The molecule has 1 N–H and O–H groups in total. The smallest absolute Gasteiger partial charge is 0.328 e. The number of esters is 1. The van der Waals surface area contributed by atoms with E-state index in [0.29, 0.717) is 12.0 Å². The Balaban J connectivity index is 1.78. The summed E-state index contributed by atoms with van der Waals surface area (Å²) in [6.45, 7) is 2.19. The summed E-state index contributed by atoms with van der Waals surface area (Å²) in [4.78, 5) is 47.1. The lowest BCUT2D eigenvalue weighted by Gasteiger charge is -2.15. The van der Waals surface area contributed by atoms with Crippen LogP contribution in [0.2, 0.25) is 0 Å². The molecule has 1 aliphatic heterocycles. The van der Waals surface area contributed by atoms with Gasteiger partial charge >= 0.3 is 5.97 Å². The van der Waals surface area contributed by atoms with E-state index in [-0.39, 0.29) is 30.1 Å². The Kier molecular flexibility index (Phi) is 3.82. The van der Waals surface area contributed by atoms with Gasteiger partial charge in [0.25, 0.3) is 0 Å². The van der Waals surface area contributed by atoms with Gasteiger partial charge in [0.2, 0.25) is 10.9 Å². The second-order valence-electron chi connectivity index (χ2n) is 5.63. The predicted octanol–water partition coefficient (Wildman–Crippen LogP) is 0.744. The van der Waals surface area contributed by atoms with Crippen molar-refractivity contribution in [3.63, 3.8) is 0 Å². The number of carbonyl (C=O) groups excluding carboxylic acids is 2. The van der Waals surface area contributed by atoms with Gasteiger partial charge in [-0.2, -0.15) is 0 Å². The van der Waals surface area contributed by atoms with Gasteiger partial charge in [-0.1, -0.05) is 29.8 Å². The number of ketones is 1. The zero-order valence-electron chi connectivity index (χ0n) is 12.5. The quantitative estimate of drug-likeness (QED) is 0.497. The van der Waals surface area contributed by atoms with Crippen molar-refractivity contribution in [1.29, 1.82) is 0 Å². The van der Waals surface area contributed by atoms with Crippen molar-refractivity contribution in [2.75, 3.05) is 11.9 Å². The largest absolute Gasteiger partial charge is 0.464 e. The van der Waals surface area contributed by atoms with Gasteiger partial charge in [-0.05, 0) is 6.92 Å². The van der Waals surface area contributed by atoms with Crippen LogP contribution in [0.4, 0.5) is 5.69 Å². The van der Waals surface area contributed by atoms with Crippen molar-refractivity contribution in [1.82, 2.24) is 0 Å². The average Bonchev–Trinajstić information content (AvgIpc) is 2.96. The van der Waals surface area contributed by atoms with E-state index >= 15 is 0 Å². The van der Waals surface area contributed by atoms with E-state index in [1.165, 1.54) is 0 Å². The van der Waals surface area contributed by atoms with Crippen molar-refractivity contribution in [3.8, 4) is 0 Å². The van der Waals surface area contributed by atoms with Gasteiger partial charge in [-0.15, -0.1) is 0 Å². The molecule has 6 nitrogen and oxygen atoms in total. The third kappa shape index (κ3) is 2.79. The molecule has 0 aliphatic carbocycles. The highest BCUT2D eigenvalue weighted by Crippen LogP contribution is 2.17. The summed E-state index contributed by atoms with van der Waals surface area (Å²) in [7, 11) is 0.